The minimum absolute atomic E-state index is 0. The second-order valence-electron chi connectivity index (χ2n) is 4.47. The van der Waals surface area contributed by atoms with Gasteiger partial charge in [0.05, 0.1) is 0 Å². The Morgan fingerprint density at radius 2 is 2.32 bits per heavy atom. The van der Waals surface area contributed by atoms with Crippen LogP contribution in [0, 0.1) is 5.92 Å². The minimum Gasteiger partial charge on any atom is -0.396 e. The third kappa shape index (κ3) is 7.12. The van der Waals surface area contributed by atoms with Gasteiger partial charge in [0.1, 0.15) is 0 Å². The summed E-state index contributed by atoms with van der Waals surface area (Å²) in [5.74, 6) is 1.09. The second kappa shape index (κ2) is 10.4. The normalized spacial score (nSPS) is 12.7. The zero-order chi connectivity index (χ0) is 13.4. The van der Waals surface area contributed by atoms with Crippen molar-refractivity contribution in [2.75, 3.05) is 26.7 Å². The van der Waals surface area contributed by atoms with Crippen LogP contribution in [-0.2, 0) is 6.54 Å². The maximum absolute atomic E-state index is 9.02. The molecular formula is C13H24IN3OS. The van der Waals surface area contributed by atoms with E-state index < -0.39 is 0 Å². The van der Waals surface area contributed by atoms with E-state index in [1.165, 1.54) is 5.56 Å². The molecule has 0 aliphatic heterocycles. The van der Waals surface area contributed by atoms with Crippen molar-refractivity contribution in [1.29, 1.82) is 0 Å². The van der Waals surface area contributed by atoms with Gasteiger partial charge in [0.25, 0.3) is 0 Å². The third-order valence-corrected chi connectivity index (χ3v) is 3.29. The highest BCUT2D eigenvalue weighted by Gasteiger charge is 2.07. The van der Waals surface area contributed by atoms with E-state index in [2.05, 4.69) is 39.0 Å². The van der Waals surface area contributed by atoms with Crippen LogP contribution in [0.1, 0.15) is 19.4 Å². The van der Waals surface area contributed by atoms with Gasteiger partial charge in [0, 0.05) is 33.3 Å². The number of halogens is 1. The Labute approximate surface area is 136 Å². The molecular weight excluding hydrogens is 373 g/mol. The molecule has 19 heavy (non-hydrogen) atoms. The lowest BCUT2D eigenvalue weighted by Crippen LogP contribution is -2.38. The van der Waals surface area contributed by atoms with Gasteiger partial charge in [-0.25, -0.2) is 0 Å². The summed E-state index contributed by atoms with van der Waals surface area (Å²) in [5, 5.41) is 16.5. The molecule has 4 nitrogen and oxygen atoms in total. The van der Waals surface area contributed by atoms with Crippen molar-refractivity contribution < 1.29 is 5.11 Å². The van der Waals surface area contributed by atoms with Crippen LogP contribution in [0.4, 0.5) is 0 Å². The summed E-state index contributed by atoms with van der Waals surface area (Å²) in [6.45, 7) is 6.57. The summed E-state index contributed by atoms with van der Waals surface area (Å²) in [7, 11) is 2.03. The summed E-state index contributed by atoms with van der Waals surface area (Å²) < 4.78 is 0. The van der Waals surface area contributed by atoms with Crippen molar-refractivity contribution in [3.8, 4) is 0 Å². The molecule has 1 unspecified atom stereocenters. The van der Waals surface area contributed by atoms with E-state index in [0.717, 1.165) is 19.0 Å². The van der Waals surface area contributed by atoms with Crippen molar-refractivity contribution in [2.45, 2.75) is 20.4 Å². The molecule has 1 aromatic heterocycles. The van der Waals surface area contributed by atoms with Crippen LogP contribution >= 0.6 is 35.3 Å². The molecule has 0 amide bonds. The molecule has 0 saturated heterocycles. The fourth-order valence-electron chi connectivity index (χ4n) is 1.50. The summed E-state index contributed by atoms with van der Waals surface area (Å²) in [4.78, 5) is 6.65. The van der Waals surface area contributed by atoms with Crippen molar-refractivity contribution in [3.63, 3.8) is 0 Å². The zero-order valence-electron chi connectivity index (χ0n) is 11.8. The minimum atomic E-state index is 0. The van der Waals surface area contributed by atoms with Crippen molar-refractivity contribution in [3.05, 3.63) is 22.4 Å². The smallest absolute Gasteiger partial charge is 0.193 e. The lowest BCUT2D eigenvalue weighted by Gasteiger charge is -2.22. The molecule has 1 atom stereocenters. The van der Waals surface area contributed by atoms with E-state index in [1.807, 2.05) is 14.0 Å². The number of aliphatic hydroxyl groups excluding tert-OH is 1. The Morgan fingerprint density at radius 1 is 1.58 bits per heavy atom. The van der Waals surface area contributed by atoms with Gasteiger partial charge in [-0.15, -0.1) is 24.0 Å². The average molecular weight is 397 g/mol. The molecule has 0 fully saturated rings. The maximum Gasteiger partial charge on any atom is 0.193 e. The third-order valence-electron chi connectivity index (χ3n) is 2.56. The monoisotopic (exact) mass is 397 g/mol. The van der Waals surface area contributed by atoms with Gasteiger partial charge in [0.15, 0.2) is 5.96 Å². The van der Waals surface area contributed by atoms with Gasteiger partial charge in [-0.1, -0.05) is 6.92 Å². The van der Waals surface area contributed by atoms with E-state index in [1.54, 1.807) is 11.3 Å². The lowest BCUT2D eigenvalue weighted by atomic mass is 10.2. The van der Waals surface area contributed by atoms with Gasteiger partial charge in [-0.2, -0.15) is 11.3 Å². The topological polar surface area (TPSA) is 47.9 Å². The van der Waals surface area contributed by atoms with E-state index in [-0.39, 0.29) is 36.5 Å². The van der Waals surface area contributed by atoms with Gasteiger partial charge < -0.3 is 15.3 Å². The van der Waals surface area contributed by atoms with Crippen LogP contribution in [0.25, 0.3) is 0 Å². The summed E-state index contributed by atoms with van der Waals surface area (Å²) in [6, 6.07) is 2.13. The fourth-order valence-corrected chi connectivity index (χ4v) is 2.16. The Hall–Kier alpha value is -0.340. The predicted molar refractivity (Wildman–Crippen MR) is 93.4 cm³/mol. The molecule has 0 bridgehead atoms. The molecule has 0 aromatic carbocycles. The molecule has 2 N–H and O–H groups in total. The quantitative estimate of drug-likeness (QED) is 0.440. The average Bonchev–Trinajstić information content (AvgIpc) is 2.86. The summed E-state index contributed by atoms with van der Waals surface area (Å²) >= 11 is 1.71. The maximum atomic E-state index is 9.02. The molecule has 110 valence electrons. The number of aliphatic hydroxyl groups is 1. The van der Waals surface area contributed by atoms with Crippen LogP contribution in [-0.4, -0.2) is 42.7 Å². The number of rotatable bonds is 6. The predicted octanol–water partition coefficient (Wildman–Crippen LogP) is 2.39. The molecule has 0 spiro atoms. The SMILES string of the molecule is CCNC(=NCC(C)CO)N(C)Cc1ccsc1.I. The van der Waals surface area contributed by atoms with Crippen LogP contribution in [0.15, 0.2) is 21.8 Å². The molecule has 0 radical (unpaired) electrons. The van der Waals surface area contributed by atoms with Crippen LogP contribution in [0.2, 0.25) is 0 Å². The highest BCUT2D eigenvalue weighted by atomic mass is 127. The summed E-state index contributed by atoms with van der Waals surface area (Å²) in [6.07, 6.45) is 0. The molecule has 1 heterocycles. The standard InChI is InChI=1S/C13H23N3OS.HI/c1-4-14-13(15-7-11(2)9-17)16(3)8-12-5-6-18-10-12;/h5-6,10-11,17H,4,7-9H2,1-3H3,(H,14,15);1H. The first-order valence-corrected chi connectivity index (χ1v) is 7.23. The second-order valence-corrected chi connectivity index (χ2v) is 5.25. The van der Waals surface area contributed by atoms with Gasteiger partial charge >= 0.3 is 0 Å². The van der Waals surface area contributed by atoms with Gasteiger partial charge in [-0.05, 0) is 35.2 Å². The first kappa shape index (κ1) is 18.7. The van der Waals surface area contributed by atoms with Gasteiger partial charge in [-0.3, -0.25) is 4.99 Å². The fraction of sp³-hybridized carbons (Fsp3) is 0.615. The molecule has 6 heteroatoms. The molecule has 1 aromatic rings. The van der Waals surface area contributed by atoms with Crippen molar-refractivity contribution in [2.24, 2.45) is 10.9 Å². The number of thiophene rings is 1. The van der Waals surface area contributed by atoms with Crippen molar-refractivity contribution in [1.82, 2.24) is 10.2 Å². The number of guanidine groups is 1. The zero-order valence-corrected chi connectivity index (χ0v) is 14.9. The van der Waals surface area contributed by atoms with Crippen LogP contribution < -0.4 is 5.32 Å². The number of hydrogen-bond donors (Lipinski definition) is 2. The first-order valence-electron chi connectivity index (χ1n) is 6.28. The van der Waals surface area contributed by atoms with Crippen LogP contribution in [0.3, 0.4) is 0 Å². The Morgan fingerprint density at radius 3 is 2.84 bits per heavy atom. The number of nitrogens with zero attached hydrogens (tertiary/aromatic N) is 2. The number of aliphatic imine (C=N–C) groups is 1. The van der Waals surface area contributed by atoms with Gasteiger partial charge in [0.2, 0.25) is 0 Å². The Bertz CT molecular complexity index is 357. The molecule has 0 aliphatic carbocycles. The highest BCUT2D eigenvalue weighted by Crippen LogP contribution is 2.08. The van der Waals surface area contributed by atoms with Crippen LogP contribution in [0.5, 0.6) is 0 Å². The number of nitrogens with one attached hydrogen (secondary N) is 1. The van der Waals surface area contributed by atoms with E-state index in [4.69, 9.17) is 5.11 Å². The first-order chi connectivity index (χ1) is 8.67. The molecule has 1 rings (SSSR count). The Balaban J connectivity index is 0.00000324. The van der Waals surface area contributed by atoms with Crippen molar-refractivity contribution >= 4 is 41.3 Å². The van der Waals surface area contributed by atoms with E-state index >= 15 is 0 Å². The highest BCUT2D eigenvalue weighted by molar-refractivity contribution is 14.0. The summed E-state index contributed by atoms with van der Waals surface area (Å²) in [5.41, 5.74) is 1.29. The number of hydrogen-bond acceptors (Lipinski definition) is 3. The van der Waals surface area contributed by atoms with E-state index in [0.29, 0.717) is 6.54 Å². The Kier molecular flexibility index (Phi) is 10.3. The van der Waals surface area contributed by atoms with E-state index in [9.17, 15) is 0 Å². The molecule has 0 saturated carbocycles. The largest absolute Gasteiger partial charge is 0.396 e. The lowest BCUT2D eigenvalue weighted by molar-refractivity contribution is 0.241. The molecule has 0 aliphatic rings.